The Morgan fingerprint density at radius 1 is 0.619 bits per heavy atom. The van der Waals surface area contributed by atoms with Crippen LogP contribution < -0.4 is 0 Å². The van der Waals surface area contributed by atoms with Gasteiger partial charge in [-0.3, -0.25) is 0 Å². The number of aryl methyl sites for hydroxylation is 2. The number of fused-ring (bicyclic) bond motifs is 2. The fraction of sp³-hybridized carbons (Fsp3) is 0.545. The molecule has 0 radical (unpaired) electrons. The van der Waals surface area contributed by atoms with Crippen LogP contribution in [0.15, 0.2) is 0 Å². The maximum atomic E-state index is 6.18. The van der Waals surface area contributed by atoms with E-state index in [1.54, 1.807) is 28.1 Å². The summed E-state index contributed by atoms with van der Waals surface area (Å²) in [5.74, 6) is 2.55. The molecule has 0 atom stereocenters. The second kappa shape index (κ2) is 10.8. The Morgan fingerprint density at radius 2 is 1.17 bits per heavy atom. The average Bonchev–Trinajstić information content (AvgIpc) is 3.68. The molecule has 220 valence electrons. The molecule has 6 rings (SSSR count). The van der Waals surface area contributed by atoms with Crippen molar-refractivity contribution in [2.45, 2.75) is 65.5 Å². The molecule has 6 aromatic rings. The molecule has 42 heavy (non-hydrogen) atoms. The minimum absolute atomic E-state index is 0.213. The number of tetrazole rings is 2. The van der Waals surface area contributed by atoms with E-state index in [0.717, 1.165) is 0 Å². The van der Waals surface area contributed by atoms with Gasteiger partial charge in [0.1, 0.15) is 24.7 Å². The molecule has 20 heteroatoms. The summed E-state index contributed by atoms with van der Waals surface area (Å²) >= 11 is 12.4. The Labute approximate surface area is 248 Å². The third-order valence-corrected chi connectivity index (χ3v) is 6.43. The first-order valence-electron chi connectivity index (χ1n) is 12.7. The quantitative estimate of drug-likeness (QED) is 0.258. The molecule has 0 bridgehead atoms. The van der Waals surface area contributed by atoms with Gasteiger partial charge in [0.25, 0.3) is 0 Å². The van der Waals surface area contributed by atoms with Crippen molar-refractivity contribution in [3.05, 3.63) is 33.6 Å². The van der Waals surface area contributed by atoms with E-state index in [0.29, 0.717) is 69.0 Å². The van der Waals surface area contributed by atoms with Gasteiger partial charge in [-0.15, -0.1) is 25.5 Å². The van der Waals surface area contributed by atoms with Crippen molar-refractivity contribution in [2.24, 2.45) is 14.1 Å². The van der Waals surface area contributed by atoms with E-state index in [9.17, 15) is 0 Å². The molecule has 0 aliphatic rings. The number of rotatable bonds is 4. The van der Waals surface area contributed by atoms with Gasteiger partial charge in [0.15, 0.2) is 38.6 Å². The second-order valence-electron chi connectivity index (χ2n) is 11.4. The van der Waals surface area contributed by atoms with E-state index in [1.165, 1.54) is 4.80 Å². The molecule has 0 aliphatic heterocycles. The van der Waals surface area contributed by atoms with Crippen molar-refractivity contribution in [1.82, 2.24) is 90.3 Å². The van der Waals surface area contributed by atoms with Gasteiger partial charge in [0.2, 0.25) is 5.65 Å². The molecule has 0 aromatic carbocycles. The summed E-state index contributed by atoms with van der Waals surface area (Å²) in [5, 5.41) is 39.9. The van der Waals surface area contributed by atoms with Crippen LogP contribution in [0.25, 0.3) is 22.3 Å². The van der Waals surface area contributed by atoms with Crippen molar-refractivity contribution < 1.29 is 0 Å². The first-order chi connectivity index (χ1) is 19.7. The number of halogens is 2. The van der Waals surface area contributed by atoms with Gasteiger partial charge in [-0.2, -0.15) is 4.80 Å². The lowest BCUT2D eigenvalue weighted by Crippen LogP contribution is -2.17. The van der Waals surface area contributed by atoms with Gasteiger partial charge in [-0.25, -0.2) is 34.0 Å². The van der Waals surface area contributed by atoms with Crippen LogP contribution >= 0.6 is 23.2 Å². The molecule has 0 fully saturated rings. The molecule has 0 saturated carbocycles. The molecule has 0 aliphatic carbocycles. The van der Waals surface area contributed by atoms with E-state index < -0.39 is 0 Å². The molecule has 6 aromatic heterocycles. The van der Waals surface area contributed by atoms with Crippen LogP contribution in [0.4, 0.5) is 0 Å². The van der Waals surface area contributed by atoms with Gasteiger partial charge in [0, 0.05) is 24.9 Å². The summed E-state index contributed by atoms with van der Waals surface area (Å²) in [4.78, 5) is 19.0. The lowest BCUT2D eigenvalue weighted by Gasteiger charge is -2.16. The zero-order valence-electron chi connectivity index (χ0n) is 24.2. The maximum Gasteiger partial charge on any atom is 0.206 e. The summed E-state index contributed by atoms with van der Waals surface area (Å²) in [6, 6.07) is 0. The molecule has 6 heterocycles. The Balaban J connectivity index is 0.000000168. The van der Waals surface area contributed by atoms with Gasteiger partial charge in [-0.05, 0) is 20.9 Å². The number of aromatic nitrogens is 18. The number of hydrogen-bond acceptors (Lipinski definition) is 14. The summed E-state index contributed by atoms with van der Waals surface area (Å²) < 4.78 is 4.74. The van der Waals surface area contributed by atoms with Gasteiger partial charge < -0.3 is 0 Å². The zero-order chi connectivity index (χ0) is 30.4. The lowest BCUT2D eigenvalue weighted by molar-refractivity contribution is 0.544. The highest BCUT2D eigenvalue weighted by Crippen LogP contribution is 2.25. The van der Waals surface area contributed by atoms with E-state index in [-0.39, 0.29) is 10.8 Å². The van der Waals surface area contributed by atoms with E-state index in [2.05, 4.69) is 71.5 Å². The summed E-state index contributed by atoms with van der Waals surface area (Å²) in [7, 11) is 3.51. The van der Waals surface area contributed by atoms with E-state index in [1.807, 2.05) is 41.5 Å². The van der Waals surface area contributed by atoms with Crippen molar-refractivity contribution in [1.29, 1.82) is 0 Å². The Morgan fingerprint density at radius 3 is 1.71 bits per heavy atom. The normalized spacial score (nSPS) is 12.2. The van der Waals surface area contributed by atoms with E-state index in [4.69, 9.17) is 23.2 Å². The van der Waals surface area contributed by atoms with Crippen molar-refractivity contribution >= 4 is 45.5 Å². The van der Waals surface area contributed by atoms with Crippen molar-refractivity contribution in [3.8, 4) is 0 Å². The first kappa shape index (κ1) is 29.2. The molecule has 0 spiro atoms. The third kappa shape index (κ3) is 5.98. The van der Waals surface area contributed by atoms with Gasteiger partial charge in [0.05, 0.1) is 0 Å². The zero-order valence-corrected chi connectivity index (χ0v) is 25.7. The molecule has 0 unspecified atom stereocenters. The smallest absolute Gasteiger partial charge is 0.206 e. The number of hydrogen-bond donors (Lipinski definition) is 0. The summed E-state index contributed by atoms with van der Waals surface area (Å²) in [5.41, 5.74) is 1.55. The standard InChI is InChI=1S/2C11H14ClN9/c1-11(2,3)10-13-8(12)7-9(14-10)21(18-16-7)5-6-15-17-19-20(6)4;1-11(2,3)10-13-8(12)7-9(14-10)17-21(16-7)5-6-15-18-19-20(6)4/h2*5H2,1-4H3. The predicted octanol–water partition coefficient (Wildman–Crippen LogP) is 1.49. The average molecular weight is 615 g/mol. The highest BCUT2D eigenvalue weighted by molar-refractivity contribution is 6.33. The largest absolute Gasteiger partial charge is 0.231 e. The molecule has 0 N–H and O–H groups in total. The maximum absolute atomic E-state index is 6.18. The first-order valence-corrected chi connectivity index (χ1v) is 13.4. The minimum Gasteiger partial charge on any atom is -0.231 e. The van der Waals surface area contributed by atoms with Crippen molar-refractivity contribution in [3.63, 3.8) is 0 Å². The van der Waals surface area contributed by atoms with Crippen LogP contribution in [0.2, 0.25) is 10.3 Å². The number of nitrogens with zero attached hydrogens (tertiary/aromatic N) is 18. The Kier molecular flexibility index (Phi) is 7.52. The van der Waals surface area contributed by atoms with Gasteiger partial charge in [-0.1, -0.05) is 70.0 Å². The van der Waals surface area contributed by atoms with Crippen LogP contribution in [0.5, 0.6) is 0 Å². The molecular formula is C22H28Cl2N18. The van der Waals surface area contributed by atoms with Crippen molar-refractivity contribution in [2.75, 3.05) is 0 Å². The third-order valence-electron chi connectivity index (χ3n) is 5.90. The summed E-state index contributed by atoms with van der Waals surface area (Å²) in [6.45, 7) is 12.8. The van der Waals surface area contributed by atoms with Crippen LogP contribution in [0.3, 0.4) is 0 Å². The molecule has 0 saturated heterocycles. The highest BCUT2D eigenvalue weighted by Gasteiger charge is 2.23. The van der Waals surface area contributed by atoms with Crippen LogP contribution in [0.1, 0.15) is 64.8 Å². The van der Waals surface area contributed by atoms with Gasteiger partial charge >= 0.3 is 0 Å². The molecule has 0 amide bonds. The minimum atomic E-state index is -0.223. The highest BCUT2D eigenvalue weighted by atomic mass is 35.5. The second-order valence-corrected chi connectivity index (χ2v) is 12.2. The van der Waals surface area contributed by atoms with Crippen LogP contribution in [-0.4, -0.2) is 90.3 Å². The topological polar surface area (TPSA) is 200 Å². The predicted molar refractivity (Wildman–Crippen MR) is 149 cm³/mol. The van der Waals surface area contributed by atoms with Crippen LogP contribution in [-0.2, 0) is 38.0 Å². The monoisotopic (exact) mass is 614 g/mol. The lowest BCUT2D eigenvalue weighted by atomic mass is 9.96. The van der Waals surface area contributed by atoms with Crippen LogP contribution in [0, 0.1) is 0 Å². The molecular weight excluding hydrogens is 587 g/mol. The SMILES string of the molecule is Cn1nnnc1Cn1nc2nc(C(C)(C)C)nc(Cl)c2n1.Cn1nnnc1Cn1nnc2c(Cl)nc(C(C)(C)C)nc21. The molecule has 18 nitrogen and oxygen atoms in total. The summed E-state index contributed by atoms with van der Waals surface area (Å²) in [6.07, 6.45) is 0. The Hall–Kier alpha value is -4.32. The van der Waals surface area contributed by atoms with E-state index >= 15 is 0 Å². The Bertz CT molecular complexity index is 1860. The fourth-order valence-electron chi connectivity index (χ4n) is 3.52. The fourth-order valence-corrected chi connectivity index (χ4v) is 3.92.